The van der Waals surface area contributed by atoms with Crippen molar-refractivity contribution in [2.75, 3.05) is 17.7 Å². The van der Waals surface area contributed by atoms with E-state index in [9.17, 15) is 9.00 Å². The van der Waals surface area contributed by atoms with Crippen molar-refractivity contribution in [1.29, 1.82) is 0 Å². The molecule has 1 amide bonds. The molecule has 23 heavy (non-hydrogen) atoms. The van der Waals surface area contributed by atoms with Gasteiger partial charge in [0.25, 0.3) is 0 Å². The Balaban J connectivity index is 1.94. The van der Waals surface area contributed by atoms with E-state index in [0.29, 0.717) is 5.75 Å². The molecule has 2 aromatic carbocycles. The van der Waals surface area contributed by atoms with Crippen LogP contribution in [0.2, 0.25) is 0 Å². The van der Waals surface area contributed by atoms with Crippen LogP contribution in [-0.4, -0.2) is 28.2 Å². The fourth-order valence-corrected chi connectivity index (χ4v) is 3.11. The number of rotatable bonds is 6. The predicted octanol–water partition coefficient (Wildman–Crippen LogP) is 3.50. The second-order valence-corrected chi connectivity index (χ2v) is 7.04. The summed E-state index contributed by atoms with van der Waals surface area (Å²) in [5.41, 5.74) is 1.87. The zero-order valence-electron chi connectivity index (χ0n) is 13.4. The van der Waals surface area contributed by atoms with E-state index in [4.69, 9.17) is 0 Å². The van der Waals surface area contributed by atoms with Gasteiger partial charge in [-0.05, 0) is 24.6 Å². The number of hydrogen-bond acceptors (Lipinski definition) is 2. The molecule has 3 nitrogen and oxygen atoms in total. The Labute approximate surface area is 140 Å². The number of carbonyl (C=O) groups is 1. The first kappa shape index (κ1) is 17.2. The number of carbonyl (C=O) groups excluding carboxylic acids is 1. The van der Waals surface area contributed by atoms with Crippen LogP contribution < -0.4 is 4.90 Å². The normalized spacial score (nSPS) is 13.7. The SMILES string of the molecule is C[C@@H](C(=O)N(C)c1ccccc1)[S@](=O)C/C=C/c1ccccc1. The molecule has 0 unspecified atom stereocenters. The van der Waals surface area contributed by atoms with E-state index in [-0.39, 0.29) is 5.91 Å². The monoisotopic (exact) mass is 327 g/mol. The van der Waals surface area contributed by atoms with Gasteiger partial charge in [0.2, 0.25) is 5.91 Å². The van der Waals surface area contributed by atoms with E-state index in [1.54, 1.807) is 18.9 Å². The number of amides is 1. The maximum absolute atomic E-state index is 12.4. The van der Waals surface area contributed by atoms with Gasteiger partial charge in [0.1, 0.15) is 5.25 Å². The molecule has 0 spiro atoms. The van der Waals surface area contributed by atoms with Gasteiger partial charge in [-0.2, -0.15) is 0 Å². The largest absolute Gasteiger partial charge is 0.314 e. The molecule has 2 atom stereocenters. The molecule has 0 heterocycles. The highest BCUT2D eigenvalue weighted by atomic mass is 32.2. The van der Waals surface area contributed by atoms with Crippen molar-refractivity contribution < 1.29 is 9.00 Å². The lowest BCUT2D eigenvalue weighted by atomic mass is 10.2. The minimum Gasteiger partial charge on any atom is -0.314 e. The molecule has 0 aromatic heterocycles. The van der Waals surface area contributed by atoms with E-state index in [1.807, 2.05) is 72.8 Å². The topological polar surface area (TPSA) is 37.4 Å². The average Bonchev–Trinajstić information content (AvgIpc) is 2.61. The van der Waals surface area contributed by atoms with Crippen molar-refractivity contribution in [1.82, 2.24) is 0 Å². The van der Waals surface area contributed by atoms with Gasteiger partial charge < -0.3 is 4.90 Å². The molecule has 4 heteroatoms. The van der Waals surface area contributed by atoms with Crippen LogP contribution in [0.3, 0.4) is 0 Å². The first-order valence-electron chi connectivity index (χ1n) is 7.51. The van der Waals surface area contributed by atoms with Gasteiger partial charge in [0.15, 0.2) is 0 Å². The Kier molecular flexibility index (Phi) is 6.29. The summed E-state index contributed by atoms with van der Waals surface area (Å²) in [4.78, 5) is 14.0. The Morgan fingerprint density at radius 2 is 1.65 bits per heavy atom. The highest BCUT2D eigenvalue weighted by Gasteiger charge is 2.23. The Hall–Kier alpha value is -2.20. The van der Waals surface area contributed by atoms with E-state index in [1.165, 1.54) is 0 Å². The van der Waals surface area contributed by atoms with E-state index < -0.39 is 16.0 Å². The maximum Gasteiger partial charge on any atom is 0.242 e. The van der Waals surface area contributed by atoms with Gasteiger partial charge in [-0.25, -0.2) is 0 Å². The second kappa shape index (κ2) is 8.44. The summed E-state index contributed by atoms with van der Waals surface area (Å²) in [7, 11) is 0.473. The zero-order valence-corrected chi connectivity index (χ0v) is 14.2. The first-order valence-corrected chi connectivity index (χ1v) is 8.89. The highest BCUT2D eigenvalue weighted by molar-refractivity contribution is 7.86. The number of nitrogens with zero attached hydrogens (tertiary/aromatic N) is 1. The van der Waals surface area contributed by atoms with Crippen LogP contribution in [0.15, 0.2) is 66.7 Å². The van der Waals surface area contributed by atoms with Gasteiger partial charge in [0, 0.05) is 29.3 Å². The number of para-hydroxylation sites is 1. The Bertz CT molecular complexity index is 683. The standard InChI is InChI=1S/C19H21NO2S/c1-16(19(21)20(2)18-13-7-4-8-14-18)23(22)15-9-12-17-10-5-3-6-11-17/h3-14,16H,15H2,1-2H3/b12-9+/t16-,23+/m0/s1. The van der Waals surface area contributed by atoms with Crippen LogP contribution in [-0.2, 0) is 15.6 Å². The van der Waals surface area contributed by atoms with Crippen LogP contribution in [0.25, 0.3) is 6.08 Å². The highest BCUT2D eigenvalue weighted by Crippen LogP contribution is 2.14. The van der Waals surface area contributed by atoms with Crippen LogP contribution >= 0.6 is 0 Å². The molecule has 0 saturated carbocycles. The summed E-state index contributed by atoms with van der Waals surface area (Å²) in [6, 6.07) is 19.2. The van der Waals surface area contributed by atoms with Crippen LogP contribution in [0.1, 0.15) is 12.5 Å². The van der Waals surface area contributed by atoms with Crippen LogP contribution in [0.5, 0.6) is 0 Å². The third-order valence-electron chi connectivity index (χ3n) is 3.59. The van der Waals surface area contributed by atoms with Crippen LogP contribution in [0.4, 0.5) is 5.69 Å². The lowest BCUT2D eigenvalue weighted by molar-refractivity contribution is -0.117. The van der Waals surface area contributed by atoms with Gasteiger partial charge in [-0.1, -0.05) is 60.7 Å². The van der Waals surface area contributed by atoms with Gasteiger partial charge in [0.05, 0.1) is 0 Å². The van der Waals surface area contributed by atoms with Crippen molar-refractivity contribution in [2.24, 2.45) is 0 Å². The third kappa shape index (κ3) is 4.89. The average molecular weight is 327 g/mol. The molecule has 0 aliphatic heterocycles. The maximum atomic E-state index is 12.4. The van der Waals surface area contributed by atoms with E-state index in [0.717, 1.165) is 11.3 Å². The van der Waals surface area contributed by atoms with Crippen molar-refractivity contribution in [2.45, 2.75) is 12.2 Å². The summed E-state index contributed by atoms with van der Waals surface area (Å²) >= 11 is 0. The summed E-state index contributed by atoms with van der Waals surface area (Å²) in [5, 5.41) is -0.541. The molecule has 0 bridgehead atoms. The van der Waals surface area contributed by atoms with Crippen molar-refractivity contribution in [3.05, 3.63) is 72.3 Å². The van der Waals surface area contributed by atoms with Crippen molar-refractivity contribution >= 4 is 28.5 Å². The van der Waals surface area contributed by atoms with Gasteiger partial charge in [-0.15, -0.1) is 0 Å². The third-order valence-corrected chi connectivity index (χ3v) is 5.10. The van der Waals surface area contributed by atoms with Gasteiger partial charge >= 0.3 is 0 Å². The van der Waals surface area contributed by atoms with E-state index >= 15 is 0 Å². The summed E-state index contributed by atoms with van der Waals surface area (Å²) < 4.78 is 12.3. The quantitative estimate of drug-likeness (QED) is 0.814. The molecular weight excluding hydrogens is 306 g/mol. The smallest absolute Gasteiger partial charge is 0.242 e. The lowest BCUT2D eigenvalue weighted by Crippen LogP contribution is -2.37. The zero-order chi connectivity index (χ0) is 16.7. The fraction of sp³-hybridized carbons (Fsp3) is 0.211. The fourth-order valence-electron chi connectivity index (χ4n) is 2.15. The van der Waals surface area contributed by atoms with Crippen molar-refractivity contribution in [3.8, 4) is 0 Å². The molecular formula is C19H21NO2S. The minimum absolute atomic E-state index is 0.136. The number of anilines is 1. The molecule has 0 radical (unpaired) electrons. The molecule has 0 N–H and O–H groups in total. The molecule has 0 aliphatic carbocycles. The second-order valence-electron chi connectivity index (χ2n) is 5.24. The first-order chi connectivity index (χ1) is 11.1. The molecule has 0 fully saturated rings. The molecule has 0 saturated heterocycles. The van der Waals surface area contributed by atoms with Crippen molar-refractivity contribution in [3.63, 3.8) is 0 Å². The predicted molar refractivity (Wildman–Crippen MR) is 97.8 cm³/mol. The molecule has 0 aliphatic rings. The van der Waals surface area contributed by atoms with Crippen LogP contribution in [0, 0.1) is 0 Å². The molecule has 2 rings (SSSR count). The molecule has 120 valence electrons. The summed E-state index contributed by atoms with van der Waals surface area (Å²) in [6.45, 7) is 1.72. The van der Waals surface area contributed by atoms with Gasteiger partial charge in [-0.3, -0.25) is 9.00 Å². The lowest BCUT2D eigenvalue weighted by Gasteiger charge is -2.20. The Morgan fingerprint density at radius 3 is 2.26 bits per heavy atom. The van der Waals surface area contributed by atoms with E-state index in [2.05, 4.69) is 0 Å². The minimum atomic E-state index is -1.24. The summed E-state index contributed by atoms with van der Waals surface area (Å²) in [6.07, 6.45) is 3.79. The number of benzene rings is 2. The number of hydrogen-bond donors (Lipinski definition) is 0. The Morgan fingerprint density at radius 1 is 1.09 bits per heavy atom. The molecule has 2 aromatic rings. The summed E-state index contributed by atoms with van der Waals surface area (Å²) in [5.74, 6) is 0.229.